The monoisotopic (exact) mass is 324 g/mol. The molecule has 0 fully saturated rings. The van der Waals surface area contributed by atoms with Crippen molar-refractivity contribution in [2.75, 3.05) is 5.32 Å². The molecule has 0 bridgehead atoms. The van der Waals surface area contributed by atoms with Crippen molar-refractivity contribution < 1.29 is 14.3 Å². The van der Waals surface area contributed by atoms with Crippen molar-refractivity contribution >= 4 is 28.7 Å². The van der Waals surface area contributed by atoms with Crippen LogP contribution in [0.25, 0.3) is 11.0 Å². The molecule has 1 aromatic carbocycles. The maximum Gasteiger partial charge on any atom is 0.338 e. The average molecular weight is 324 g/mol. The predicted octanol–water partition coefficient (Wildman–Crippen LogP) is 2.45. The first-order chi connectivity index (χ1) is 11.5. The van der Waals surface area contributed by atoms with Crippen molar-refractivity contribution in [3.05, 3.63) is 54.0 Å². The standard InChI is InChI=1S/C17H16N4O3/c1-10-4-3-5-15(20-10)21-16(22)11(2)24-17(23)12-6-7-13-14(8-12)19-9-18-13/h3-9,11H,1-2H3,(H,18,19)(H,20,21,22). The maximum absolute atomic E-state index is 12.2. The Morgan fingerprint density at radius 1 is 1.25 bits per heavy atom. The average Bonchev–Trinajstić information content (AvgIpc) is 3.02. The minimum atomic E-state index is -0.947. The molecule has 0 aliphatic heterocycles. The highest BCUT2D eigenvalue weighted by Crippen LogP contribution is 2.13. The van der Waals surface area contributed by atoms with E-state index in [0.717, 1.165) is 16.7 Å². The van der Waals surface area contributed by atoms with Crippen LogP contribution in [0.5, 0.6) is 0 Å². The number of carbonyl (C=O) groups excluding carboxylic acids is 2. The number of amides is 1. The first-order valence-electron chi connectivity index (χ1n) is 7.41. The number of fused-ring (bicyclic) bond motifs is 1. The molecule has 2 heterocycles. The largest absolute Gasteiger partial charge is 0.449 e. The van der Waals surface area contributed by atoms with Gasteiger partial charge in [-0.1, -0.05) is 6.07 Å². The summed E-state index contributed by atoms with van der Waals surface area (Å²) in [5.41, 5.74) is 2.61. The zero-order chi connectivity index (χ0) is 17.1. The number of anilines is 1. The number of aromatic amines is 1. The number of hydrogen-bond donors (Lipinski definition) is 2. The fraction of sp³-hybridized carbons (Fsp3) is 0.176. The lowest BCUT2D eigenvalue weighted by Crippen LogP contribution is -2.30. The van der Waals surface area contributed by atoms with E-state index in [1.807, 2.05) is 13.0 Å². The number of imidazole rings is 1. The Bertz CT molecular complexity index is 903. The number of carbonyl (C=O) groups is 2. The number of nitrogens with zero attached hydrogens (tertiary/aromatic N) is 2. The third-order valence-corrected chi connectivity index (χ3v) is 3.45. The van der Waals surface area contributed by atoms with Crippen LogP contribution in [-0.2, 0) is 9.53 Å². The molecule has 3 rings (SSSR count). The molecule has 1 unspecified atom stereocenters. The Morgan fingerprint density at radius 2 is 2.08 bits per heavy atom. The van der Waals surface area contributed by atoms with Crippen LogP contribution in [0.4, 0.5) is 5.82 Å². The number of aryl methyl sites for hydroxylation is 1. The molecule has 0 radical (unpaired) electrons. The second kappa shape index (κ2) is 6.49. The lowest BCUT2D eigenvalue weighted by molar-refractivity contribution is -0.123. The number of H-pyrrole nitrogens is 1. The van der Waals surface area contributed by atoms with Gasteiger partial charge in [0.15, 0.2) is 6.10 Å². The maximum atomic E-state index is 12.2. The number of esters is 1. The highest BCUT2D eigenvalue weighted by molar-refractivity contribution is 5.98. The van der Waals surface area contributed by atoms with Gasteiger partial charge in [-0.3, -0.25) is 4.79 Å². The van der Waals surface area contributed by atoms with Crippen LogP contribution in [0, 0.1) is 6.92 Å². The highest BCUT2D eigenvalue weighted by Gasteiger charge is 2.19. The zero-order valence-electron chi connectivity index (χ0n) is 13.2. The molecule has 3 aromatic rings. The van der Waals surface area contributed by atoms with Crippen molar-refractivity contribution in [1.82, 2.24) is 15.0 Å². The smallest absolute Gasteiger partial charge is 0.338 e. The molecule has 0 saturated heterocycles. The number of ether oxygens (including phenoxy) is 1. The van der Waals surface area contributed by atoms with Gasteiger partial charge < -0.3 is 15.0 Å². The summed E-state index contributed by atoms with van der Waals surface area (Å²) in [6, 6.07) is 10.2. The summed E-state index contributed by atoms with van der Waals surface area (Å²) >= 11 is 0. The molecule has 7 heteroatoms. The number of hydrogen-bond acceptors (Lipinski definition) is 5. The van der Waals surface area contributed by atoms with Crippen LogP contribution in [-0.4, -0.2) is 32.9 Å². The van der Waals surface area contributed by atoms with E-state index in [-0.39, 0.29) is 0 Å². The molecule has 1 atom stereocenters. The second-order valence-corrected chi connectivity index (χ2v) is 5.34. The number of rotatable bonds is 4. The number of pyridine rings is 1. The molecule has 2 N–H and O–H groups in total. The zero-order valence-corrected chi connectivity index (χ0v) is 13.2. The molecule has 0 aliphatic carbocycles. The first kappa shape index (κ1) is 15.7. The van der Waals surface area contributed by atoms with E-state index in [1.165, 1.54) is 6.92 Å². The van der Waals surface area contributed by atoms with Gasteiger partial charge in [-0.25, -0.2) is 14.8 Å². The van der Waals surface area contributed by atoms with Gasteiger partial charge in [0.1, 0.15) is 5.82 Å². The van der Waals surface area contributed by atoms with Gasteiger partial charge in [0, 0.05) is 5.69 Å². The van der Waals surface area contributed by atoms with E-state index in [2.05, 4.69) is 20.3 Å². The second-order valence-electron chi connectivity index (χ2n) is 5.34. The molecule has 0 aliphatic rings. The summed E-state index contributed by atoms with van der Waals surface area (Å²) in [4.78, 5) is 35.5. The number of benzene rings is 1. The van der Waals surface area contributed by atoms with E-state index in [4.69, 9.17) is 4.74 Å². The Kier molecular flexibility index (Phi) is 4.24. The van der Waals surface area contributed by atoms with Gasteiger partial charge >= 0.3 is 5.97 Å². The third kappa shape index (κ3) is 3.40. The number of aromatic nitrogens is 3. The SMILES string of the molecule is Cc1cccc(NC(=O)C(C)OC(=O)c2ccc3nc[nH]c3c2)n1. The van der Waals surface area contributed by atoms with Crippen LogP contribution in [0.15, 0.2) is 42.7 Å². The fourth-order valence-electron chi connectivity index (χ4n) is 2.19. The summed E-state index contributed by atoms with van der Waals surface area (Å²) in [7, 11) is 0. The minimum Gasteiger partial charge on any atom is -0.449 e. The summed E-state index contributed by atoms with van der Waals surface area (Å²) in [6.45, 7) is 3.34. The van der Waals surface area contributed by atoms with Crippen LogP contribution >= 0.6 is 0 Å². The van der Waals surface area contributed by atoms with Crippen molar-refractivity contribution in [1.29, 1.82) is 0 Å². The van der Waals surface area contributed by atoms with E-state index in [1.54, 1.807) is 36.7 Å². The predicted molar refractivity (Wildman–Crippen MR) is 88.6 cm³/mol. The fourth-order valence-corrected chi connectivity index (χ4v) is 2.19. The molecule has 24 heavy (non-hydrogen) atoms. The third-order valence-electron chi connectivity index (χ3n) is 3.45. The van der Waals surface area contributed by atoms with Crippen LogP contribution in [0.3, 0.4) is 0 Å². The van der Waals surface area contributed by atoms with E-state index in [9.17, 15) is 9.59 Å². The van der Waals surface area contributed by atoms with Crippen LogP contribution in [0.1, 0.15) is 23.0 Å². The molecular formula is C17H16N4O3. The normalized spacial score (nSPS) is 11.9. The van der Waals surface area contributed by atoms with E-state index in [0.29, 0.717) is 11.4 Å². The first-order valence-corrected chi connectivity index (χ1v) is 7.41. The Balaban J connectivity index is 1.65. The Morgan fingerprint density at radius 3 is 2.88 bits per heavy atom. The summed E-state index contributed by atoms with van der Waals surface area (Å²) in [6.07, 6.45) is 0.599. The van der Waals surface area contributed by atoms with Gasteiger partial charge in [-0.2, -0.15) is 0 Å². The number of nitrogens with one attached hydrogen (secondary N) is 2. The molecular weight excluding hydrogens is 308 g/mol. The molecule has 7 nitrogen and oxygen atoms in total. The van der Waals surface area contributed by atoms with Crippen molar-refractivity contribution in [2.45, 2.75) is 20.0 Å². The quantitative estimate of drug-likeness (QED) is 0.719. The van der Waals surface area contributed by atoms with Gasteiger partial charge in [-0.05, 0) is 44.2 Å². The van der Waals surface area contributed by atoms with E-state index < -0.39 is 18.0 Å². The topological polar surface area (TPSA) is 97.0 Å². The van der Waals surface area contributed by atoms with E-state index >= 15 is 0 Å². The molecule has 122 valence electrons. The summed E-state index contributed by atoms with van der Waals surface area (Å²) in [5.74, 6) is -0.600. The Labute approximate surface area is 138 Å². The molecule has 2 aromatic heterocycles. The minimum absolute atomic E-state index is 0.347. The molecule has 0 spiro atoms. The lowest BCUT2D eigenvalue weighted by Gasteiger charge is -2.13. The van der Waals surface area contributed by atoms with Crippen LogP contribution < -0.4 is 5.32 Å². The molecule has 1 amide bonds. The van der Waals surface area contributed by atoms with Crippen molar-refractivity contribution in [3.8, 4) is 0 Å². The van der Waals surface area contributed by atoms with Crippen molar-refractivity contribution in [2.24, 2.45) is 0 Å². The summed E-state index contributed by atoms with van der Waals surface area (Å²) in [5, 5.41) is 2.62. The van der Waals surface area contributed by atoms with Gasteiger partial charge in [-0.15, -0.1) is 0 Å². The Hall–Kier alpha value is -3.22. The molecule has 0 saturated carbocycles. The van der Waals surface area contributed by atoms with Crippen LogP contribution in [0.2, 0.25) is 0 Å². The van der Waals surface area contributed by atoms with Crippen molar-refractivity contribution in [3.63, 3.8) is 0 Å². The highest BCUT2D eigenvalue weighted by atomic mass is 16.5. The van der Waals surface area contributed by atoms with Gasteiger partial charge in [0.25, 0.3) is 5.91 Å². The lowest BCUT2D eigenvalue weighted by atomic mass is 10.2. The van der Waals surface area contributed by atoms with Gasteiger partial charge in [0.2, 0.25) is 0 Å². The van der Waals surface area contributed by atoms with Gasteiger partial charge in [0.05, 0.1) is 22.9 Å². The summed E-state index contributed by atoms with van der Waals surface area (Å²) < 4.78 is 5.21.